The lowest BCUT2D eigenvalue weighted by Crippen LogP contribution is -2.26. The molecule has 0 amide bonds. The number of imidazole rings is 1. The summed E-state index contributed by atoms with van der Waals surface area (Å²) in [6.45, 7) is 0. The largest absolute Gasteiger partial charge is 0.573 e. The van der Waals surface area contributed by atoms with Crippen LogP contribution >= 0.6 is 0 Å². The van der Waals surface area contributed by atoms with E-state index in [1.165, 1.54) is 24.3 Å². The van der Waals surface area contributed by atoms with Crippen LogP contribution in [0.3, 0.4) is 0 Å². The van der Waals surface area contributed by atoms with Crippen LogP contribution in [0.25, 0.3) is 16.9 Å². The number of nitriles is 1. The molecule has 0 aliphatic carbocycles. The molecule has 27 heavy (non-hydrogen) atoms. The quantitative estimate of drug-likeness (QED) is 0.716. The van der Waals surface area contributed by atoms with Crippen LogP contribution in [-0.2, 0) is 0 Å². The van der Waals surface area contributed by atoms with Gasteiger partial charge in [-0.3, -0.25) is 4.57 Å². The van der Waals surface area contributed by atoms with Crippen molar-refractivity contribution in [2.24, 2.45) is 5.73 Å². The fourth-order valence-electron chi connectivity index (χ4n) is 3.07. The van der Waals surface area contributed by atoms with Crippen molar-refractivity contribution in [3.8, 4) is 11.8 Å². The minimum atomic E-state index is -4.77. The first-order chi connectivity index (χ1) is 12.9. The molecule has 3 N–H and O–H groups in total. The summed E-state index contributed by atoms with van der Waals surface area (Å²) in [7, 11) is 0. The van der Waals surface area contributed by atoms with Crippen LogP contribution in [0.5, 0.6) is 5.75 Å². The minimum Gasteiger partial charge on any atom is -0.406 e. The first-order valence-corrected chi connectivity index (χ1v) is 7.87. The van der Waals surface area contributed by atoms with E-state index in [-0.39, 0.29) is 17.1 Å². The van der Waals surface area contributed by atoms with E-state index >= 15 is 0 Å². The van der Waals surface area contributed by atoms with Gasteiger partial charge in [0.25, 0.3) is 0 Å². The van der Waals surface area contributed by atoms with Gasteiger partial charge in [-0.1, -0.05) is 24.3 Å². The summed E-state index contributed by atoms with van der Waals surface area (Å²) >= 11 is 0. The summed E-state index contributed by atoms with van der Waals surface area (Å²) in [5, 5.41) is 12.7. The Hall–Kier alpha value is -3.67. The van der Waals surface area contributed by atoms with Crippen molar-refractivity contribution in [2.45, 2.75) is 12.4 Å². The van der Waals surface area contributed by atoms with Crippen LogP contribution < -0.4 is 15.8 Å². The van der Waals surface area contributed by atoms with Gasteiger partial charge in [0, 0.05) is 0 Å². The van der Waals surface area contributed by atoms with Crippen LogP contribution in [-0.4, -0.2) is 15.9 Å². The van der Waals surface area contributed by atoms with Gasteiger partial charge in [-0.2, -0.15) is 5.26 Å². The average Bonchev–Trinajstić information content (AvgIpc) is 2.99. The number of halogens is 3. The van der Waals surface area contributed by atoms with E-state index in [1.807, 2.05) is 24.3 Å². The Morgan fingerprint density at radius 2 is 1.85 bits per heavy atom. The Balaban J connectivity index is 1.75. The highest BCUT2D eigenvalue weighted by Crippen LogP contribution is 2.36. The number of nitrogens with zero attached hydrogens (tertiary/aromatic N) is 3. The Bertz CT molecular complexity index is 1090. The third-order valence-corrected chi connectivity index (χ3v) is 4.21. The van der Waals surface area contributed by atoms with Crippen LogP contribution in [0, 0.1) is 11.3 Å². The maximum atomic E-state index is 12.3. The molecule has 1 aromatic heterocycles. The first kappa shape index (κ1) is 16.8. The number of rotatable bonds is 2. The van der Waals surface area contributed by atoms with E-state index in [2.05, 4.69) is 21.1 Å². The lowest BCUT2D eigenvalue weighted by atomic mass is 9.98. The van der Waals surface area contributed by atoms with E-state index in [4.69, 9.17) is 5.73 Å². The molecule has 4 rings (SSSR count). The summed E-state index contributed by atoms with van der Waals surface area (Å²) in [5.41, 5.74) is 8.47. The van der Waals surface area contributed by atoms with Gasteiger partial charge >= 0.3 is 6.36 Å². The second-order valence-corrected chi connectivity index (χ2v) is 5.86. The standard InChI is InChI=1S/C18H12F3N5O/c19-18(20,21)27-11-7-5-10(6-8-11)15-12(9-22)16(23)26-14-4-2-1-3-13(14)24-17(26)25-15/h1-8,15H,23H2,(H,24,25)/t15-/m0/s1. The van der Waals surface area contributed by atoms with Crippen molar-refractivity contribution in [3.63, 3.8) is 0 Å². The molecule has 2 aromatic carbocycles. The Morgan fingerprint density at radius 1 is 1.15 bits per heavy atom. The summed E-state index contributed by atoms with van der Waals surface area (Å²) in [4.78, 5) is 4.47. The monoisotopic (exact) mass is 371 g/mol. The molecule has 136 valence electrons. The molecular formula is C18H12F3N5O. The van der Waals surface area contributed by atoms with Crippen molar-refractivity contribution in [3.05, 3.63) is 59.7 Å². The number of hydrogen-bond acceptors (Lipinski definition) is 5. The molecule has 1 aliphatic rings. The predicted molar refractivity (Wildman–Crippen MR) is 92.2 cm³/mol. The highest BCUT2D eigenvalue weighted by atomic mass is 19.4. The summed E-state index contributed by atoms with van der Waals surface area (Å²) in [6, 6.07) is 14.0. The zero-order valence-electron chi connectivity index (χ0n) is 13.7. The van der Waals surface area contributed by atoms with Gasteiger partial charge in [-0.05, 0) is 29.8 Å². The summed E-state index contributed by atoms with van der Waals surface area (Å²) < 4.78 is 42.5. The lowest BCUT2D eigenvalue weighted by molar-refractivity contribution is -0.274. The molecule has 9 heteroatoms. The maximum Gasteiger partial charge on any atom is 0.573 e. The molecule has 0 unspecified atom stereocenters. The van der Waals surface area contributed by atoms with Gasteiger partial charge < -0.3 is 15.8 Å². The number of nitrogens with one attached hydrogen (secondary N) is 1. The molecule has 1 atom stereocenters. The van der Waals surface area contributed by atoms with Crippen LogP contribution in [0.2, 0.25) is 0 Å². The van der Waals surface area contributed by atoms with Gasteiger partial charge in [0.15, 0.2) is 0 Å². The SMILES string of the molecule is N#CC1=C(N)n2c(nc3ccccc32)N[C@H]1c1ccc(OC(F)(F)F)cc1. The maximum absolute atomic E-state index is 12.3. The van der Waals surface area contributed by atoms with Crippen LogP contribution in [0.4, 0.5) is 19.1 Å². The van der Waals surface area contributed by atoms with Crippen molar-refractivity contribution in [2.75, 3.05) is 5.32 Å². The average molecular weight is 371 g/mol. The second kappa shape index (κ2) is 5.95. The van der Waals surface area contributed by atoms with E-state index in [1.54, 1.807) is 4.57 Å². The second-order valence-electron chi connectivity index (χ2n) is 5.86. The van der Waals surface area contributed by atoms with Gasteiger partial charge in [-0.25, -0.2) is 4.98 Å². The highest BCUT2D eigenvalue weighted by Gasteiger charge is 2.32. The first-order valence-electron chi connectivity index (χ1n) is 7.87. The number of nitrogens with two attached hydrogens (primary N) is 1. The third-order valence-electron chi connectivity index (χ3n) is 4.21. The minimum absolute atomic E-state index is 0.223. The van der Waals surface area contributed by atoms with Gasteiger partial charge in [-0.15, -0.1) is 13.2 Å². The molecule has 0 bridgehead atoms. The third kappa shape index (κ3) is 2.91. The number of aromatic nitrogens is 2. The summed E-state index contributed by atoms with van der Waals surface area (Å²) in [5.74, 6) is 0.332. The molecule has 1 aliphatic heterocycles. The van der Waals surface area contributed by atoms with Gasteiger partial charge in [0.1, 0.15) is 17.6 Å². The number of benzene rings is 2. The Morgan fingerprint density at radius 3 is 2.52 bits per heavy atom. The highest BCUT2D eigenvalue weighted by molar-refractivity contribution is 5.85. The number of hydrogen-bond donors (Lipinski definition) is 2. The van der Waals surface area contributed by atoms with Crippen LogP contribution in [0.15, 0.2) is 54.1 Å². The van der Waals surface area contributed by atoms with Crippen molar-refractivity contribution in [1.29, 1.82) is 5.26 Å². The number of para-hydroxylation sites is 2. The lowest BCUT2D eigenvalue weighted by Gasteiger charge is -2.26. The fourth-order valence-corrected chi connectivity index (χ4v) is 3.07. The van der Waals surface area contributed by atoms with Gasteiger partial charge in [0.2, 0.25) is 5.95 Å². The van der Waals surface area contributed by atoms with E-state index in [0.29, 0.717) is 17.0 Å². The van der Waals surface area contributed by atoms with Gasteiger partial charge in [0.05, 0.1) is 22.6 Å². The van der Waals surface area contributed by atoms with Crippen LogP contribution in [0.1, 0.15) is 11.6 Å². The molecule has 0 saturated heterocycles. The van der Waals surface area contributed by atoms with E-state index < -0.39 is 12.4 Å². The zero-order valence-corrected chi connectivity index (χ0v) is 13.7. The number of ether oxygens (including phenoxy) is 1. The molecule has 0 radical (unpaired) electrons. The molecule has 2 heterocycles. The molecule has 0 saturated carbocycles. The Labute approximate surface area is 151 Å². The fraction of sp³-hybridized carbons (Fsp3) is 0.111. The smallest absolute Gasteiger partial charge is 0.406 e. The van der Waals surface area contributed by atoms with E-state index in [9.17, 15) is 18.4 Å². The predicted octanol–water partition coefficient (Wildman–Crippen LogP) is 3.75. The topological polar surface area (TPSA) is 88.9 Å². The number of alkyl halides is 3. The molecule has 3 aromatic rings. The Kier molecular flexibility index (Phi) is 3.70. The normalized spacial score (nSPS) is 16.6. The summed E-state index contributed by atoms with van der Waals surface area (Å²) in [6.07, 6.45) is -4.77. The van der Waals surface area contributed by atoms with Crippen molar-refractivity contribution >= 4 is 22.8 Å². The molecule has 0 spiro atoms. The van der Waals surface area contributed by atoms with Crippen molar-refractivity contribution in [1.82, 2.24) is 9.55 Å². The number of anilines is 1. The molecule has 0 fully saturated rings. The van der Waals surface area contributed by atoms with Crippen molar-refractivity contribution < 1.29 is 17.9 Å². The van der Waals surface area contributed by atoms with E-state index in [0.717, 1.165) is 5.52 Å². The molecule has 6 nitrogen and oxygen atoms in total. The zero-order chi connectivity index (χ0) is 19.2. The number of fused-ring (bicyclic) bond motifs is 3. The molecular weight excluding hydrogens is 359 g/mol.